The van der Waals surface area contributed by atoms with Crippen LogP contribution in [0.25, 0.3) is 33.3 Å². The van der Waals surface area contributed by atoms with E-state index in [2.05, 4.69) is 15.4 Å². The molecule has 0 saturated carbocycles. The van der Waals surface area contributed by atoms with Crippen LogP contribution in [-0.4, -0.2) is 25.8 Å². The van der Waals surface area contributed by atoms with E-state index < -0.39 is 12.0 Å². The Morgan fingerprint density at radius 2 is 1.91 bits per heavy atom. The summed E-state index contributed by atoms with van der Waals surface area (Å²) < 4.78 is 8.07. The molecule has 0 bridgehead atoms. The molecular weight excluding hydrogens is 468 g/mol. The second kappa shape index (κ2) is 8.56. The lowest BCUT2D eigenvalue weighted by Crippen LogP contribution is -2.13. The number of halogens is 1. The second-order valence-corrected chi connectivity index (χ2v) is 8.78. The van der Waals surface area contributed by atoms with E-state index in [4.69, 9.17) is 16.0 Å². The summed E-state index contributed by atoms with van der Waals surface area (Å²) in [6, 6.07) is 15.5. The first-order chi connectivity index (χ1) is 16.7. The standard InChI is InChI=1S/C26H21ClN4O4/c1-13-10-16(14(2)28-18-8-9-22(27)29-24(18)26(33)34)25-17(11-13)20(32)12-21(35-25)23-15-6-4-5-7-19(15)31(3)30-23/h4-12,14,28H,1-3H3,(H,33,34). The number of nitrogens with zero attached hydrogens (tertiary/aromatic N) is 3. The van der Waals surface area contributed by atoms with Crippen LogP contribution in [0.4, 0.5) is 5.69 Å². The molecule has 9 heteroatoms. The number of nitrogens with one attached hydrogen (secondary N) is 1. The molecule has 35 heavy (non-hydrogen) atoms. The number of carboxylic acid groups (broad SMARTS) is 1. The van der Waals surface area contributed by atoms with Gasteiger partial charge in [0.25, 0.3) is 0 Å². The molecular formula is C26H21ClN4O4. The van der Waals surface area contributed by atoms with E-state index in [9.17, 15) is 14.7 Å². The smallest absolute Gasteiger partial charge is 0.356 e. The third-order valence-electron chi connectivity index (χ3n) is 5.90. The zero-order valence-corrected chi connectivity index (χ0v) is 19.9. The van der Waals surface area contributed by atoms with Gasteiger partial charge in [-0.25, -0.2) is 9.78 Å². The largest absolute Gasteiger partial charge is 0.476 e. The van der Waals surface area contributed by atoms with Crippen molar-refractivity contribution in [2.75, 3.05) is 5.32 Å². The highest BCUT2D eigenvalue weighted by Gasteiger charge is 2.21. The molecule has 0 aliphatic rings. The molecule has 1 atom stereocenters. The lowest BCUT2D eigenvalue weighted by Gasteiger charge is -2.19. The molecule has 0 aliphatic heterocycles. The fraction of sp³-hybridized carbons (Fsp3) is 0.154. The van der Waals surface area contributed by atoms with E-state index in [-0.39, 0.29) is 16.3 Å². The SMILES string of the molecule is Cc1cc(C(C)Nc2ccc(Cl)nc2C(=O)O)c2oc(-c3nn(C)c4ccccc34)cc(=O)c2c1. The van der Waals surface area contributed by atoms with Gasteiger partial charge < -0.3 is 14.8 Å². The third kappa shape index (κ3) is 4.02. The van der Waals surface area contributed by atoms with Gasteiger partial charge in [-0.3, -0.25) is 9.48 Å². The van der Waals surface area contributed by atoms with Crippen LogP contribution >= 0.6 is 11.6 Å². The van der Waals surface area contributed by atoms with Crippen molar-refractivity contribution >= 4 is 45.1 Å². The molecule has 0 spiro atoms. The average molecular weight is 489 g/mol. The minimum Gasteiger partial charge on any atom is -0.476 e. The van der Waals surface area contributed by atoms with Gasteiger partial charge in [-0.05, 0) is 43.7 Å². The van der Waals surface area contributed by atoms with Crippen molar-refractivity contribution in [3.05, 3.63) is 86.8 Å². The molecule has 5 aromatic rings. The van der Waals surface area contributed by atoms with Crippen LogP contribution in [0.5, 0.6) is 0 Å². The fourth-order valence-electron chi connectivity index (χ4n) is 4.29. The molecule has 176 valence electrons. The van der Waals surface area contributed by atoms with Gasteiger partial charge in [0.05, 0.1) is 22.6 Å². The lowest BCUT2D eigenvalue weighted by molar-refractivity contribution is 0.0691. The van der Waals surface area contributed by atoms with E-state index in [1.165, 1.54) is 12.1 Å². The molecule has 0 saturated heterocycles. The van der Waals surface area contributed by atoms with E-state index in [0.29, 0.717) is 33.7 Å². The molecule has 2 N–H and O–H groups in total. The summed E-state index contributed by atoms with van der Waals surface area (Å²) >= 11 is 5.89. The number of carbonyl (C=O) groups is 1. The Morgan fingerprint density at radius 3 is 2.69 bits per heavy atom. The summed E-state index contributed by atoms with van der Waals surface area (Å²) in [6.07, 6.45) is 0. The predicted octanol–water partition coefficient (Wildman–Crippen LogP) is 5.57. The molecule has 5 rings (SSSR count). The lowest BCUT2D eigenvalue weighted by atomic mass is 10.0. The maximum absolute atomic E-state index is 13.2. The van der Waals surface area contributed by atoms with Gasteiger partial charge in [-0.1, -0.05) is 35.9 Å². The quantitative estimate of drug-likeness (QED) is 0.311. The number of aromatic nitrogens is 3. The highest BCUT2D eigenvalue weighted by atomic mass is 35.5. The highest BCUT2D eigenvalue weighted by Crippen LogP contribution is 2.33. The number of anilines is 1. The molecule has 0 radical (unpaired) electrons. The van der Waals surface area contributed by atoms with Crippen LogP contribution in [0.2, 0.25) is 5.15 Å². The number of fused-ring (bicyclic) bond motifs is 2. The maximum atomic E-state index is 13.2. The first-order valence-corrected chi connectivity index (χ1v) is 11.3. The van der Waals surface area contributed by atoms with Crippen molar-refractivity contribution < 1.29 is 14.3 Å². The molecule has 0 fully saturated rings. The number of para-hydroxylation sites is 1. The van der Waals surface area contributed by atoms with Crippen molar-refractivity contribution in [1.29, 1.82) is 0 Å². The van der Waals surface area contributed by atoms with Gasteiger partial charge in [0, 0.05) is 24.1 Å². The summed E-state index contributed by atoms with van der Waals surface area (Å²) in [6.45, 7) is 3.75. The Balaban J connectivity index is 1.67. The number of hydrogen-bond donors (Lipinski definition) is 2. The Labute approximate surface area is 204 Å². The van der Waals surface area contributed by atoms with Crippen LogP contribution in [0.1, 0.15) is 34.6 Å². The zero-order chi connectivity index (χ0) is 24.9. The predicted molar refractivity (Wildman–Crippen MR) is 135 cm³/mol. The number of aryl methyl sites for hydroxylation is 2. The van der Waals surface area contributed by atoms with Crippen molar-refractivity contribution in [1.82, 2.24) is 14.8 Å². The summed E-state index contributed by atoms with van der Waals surface area (Å²) in [5.74, 6) is -0.844. The first-order valence-electron chi connectivity index (χ1n) is 10.9. The Bertz CT molecular complexity index is 1690. The van der Waals surface area contributed by atoms with Crippen LogP contribution in [0.15, 0.2) is 63.8 Å². The minimum atomic E-state index is -1.20. The fourth-order valence-corrected chi connectivity index (χ4v) is 4.44. The number of benzene rings is 2. The van der Waals surface area contributed by atoms with Gasteiger partial charge in [0.1, 0.15) is 16.4 Å². The Hall–Kier alpha value is -4.17. The van der Waals surface area contributed by atoms with E-state index >= 15 is 0 Å². The topological polar surface area (TPSA) is 110 Å². The number of rotatable bonds is 5. The van der Waals surface area contributed by atoms with Gasteiger partial charge in [-0.15, -0.1) is 0 Å². The van der Waals surface area contributed by atoms with E-state index in [1.54, 1.807) is 16.8 Å². The minimum absolute atomic E-state index is 0.0832. The number of pyridine rings is 1. The molecule has 2 aromatic carbocycles. The van der Waals surface area contributed by atoms with Crippen LogP contribution in [0.3, 0.4) is 0 Å². The highest BCUT2D eigenvalue weighted by molar-refractivity contribution is 6.29. The Kier molecular flexibility index (Phi) is 5.53. The van der Waals surface area contributed by atoms with Crippen molar-refractivity contribution in [2.45, 2.75) is 19.9 Å². The van der Waals surface area contributed by atoms with Crippen LogP contribution < -0.4 is 10.7 Å². The summed E-state index contributed by atoms with van der Waals surface area (Å²) in [5, 5.41) is 18.7. The molecule has 0 amide bonds. The second-order valence-electron chi connectivity index (χ2n) is 8.40. The van der Waals surface area contributed by atoms with Gasteiger partial charge in [-0.2, -0.15) is 5.10 Å². The molecule has 3 heterocycles. The van der Waals surface area contributed by atoms with Gasteiger partial charge >= 0.3 is 5.97 Å². The molecule has 3 aromatic heterocycles. The monoisotopic (exact) mass is 488 g/mol. The first kappa shape index (κ1) is 22.6. The molecule has 8 nitrogen and oxygen atoms in total. The normalized spacial score (nSPS) is 12.2. The van der Waals surface area contributed by atoms with Crippen molar-refractivity contribution in [3.8, 4) is 11.5 Å². The maximum Gasteiger partial charge on any atom is 0.356 e. The van der Waals surface area contributed by atoms with Gasteiger partial charge in [0.15, 0.2) is 16.9 Å². The third-order valence-corrected chi connectivity index (χ3v) is 6.11. The zero-order valence-electron chi connectivity index (χ0n) is 19.2. The van der Waals surface area contributed by atoms with Crippen molar-refractivity contribution in [3.63, 3.8) is 0 Å². The van der Waals surface area contributed by atoms with Crippen LogP contribution in [-0.2, 0) is 7.05 Å². The van der Waals surface area contributed by atoms with Crippen LogP contribution in [0, 0.1) is 6.92 Å². The molecule has 1 unspecified atom stereocenters. The number of hydrogen-bond acceptors (Lipinski definition) is 6. The number of carboxylic acids is 1. The number of aromatic carboxylic acids is 1. The molecule has 0 aliphatic carbocycles. The summed E-state index contributed by atoms with van der Waals surface area (Å²) in [4.78, 5) is 28.8. The summed E-state index contributed by atoms with van der Waals surface area (Å²) in [5.41, 5.74) is 3.40. The average Bonchev–Trinajstić information content (AvgIpc) is 3.16. The van der Waals surface area contributed by atoms with Gasteiger partial charge in [0.2, 0.25) is 0 Å². The summed E-state index contributed by atoms with van der Waals surface area (Å²) in [7, 11) is 1.84. The van der Waals surface area contributed by atoms with Crippen molar-refractivity contribution in [2.24, 2.45) is 7.05 Å². The van der Waals surface area contributed by atoms with E-state index in [0.717, 1.165) is 16.5 Å². The van der Waals surface area contributed by atoms with E-state index in [1.807, 2.05) is 51.2 Å². The Morgan fingerprint density at radius 1 is 1.14 bits per heavy atom.